The third kappa shape index (κ3) is 8.44. The maximum absolute atomic E-state index is 13.6. The number of para-hydroxylation sites is 1. The lowest BCUT2D eigenvalue weighted by atomic mass is 10.1. The van der Waals surface area contributed by atoms with Crippen LogP contribution in [0.15, 0.2) is 124 Å². The van der Waals surface area contributed by atoms with Crippen LogP contribution in [0.25, 0.3) is 17.4 Å². The molecule has 0 spiro atoms. The summed E-state index contributed by atoms with van der Waals surface area (Å²) in [6.07, 6.45) is 1.45. The Morgan fingerprint density at radius 3 is 2.33 bits per heavy atom. The van der Waals surface area contributed by atoms with E-state index in [0.29, 0.717) is 34.2 Å². The summed E-state index contributed by atoms with van der Waals surface area (Å²) in [6.45, 7) is 0. The molecule has 3 amide bonds. The number of hydrogen-bond donors (Lipinski definition) is 3. The van der Waals surface area contributed by atoms with Gasteiger partial charge in [0.15, 0.2) is 0 Å². The second kappa shape index (κ2) is 15.1. The van der Waals surface area contributed by atoms with Gasteiger partial charge in [0, 0.05) is 27.9 Å². The third-order valence-electron chi connectivity index (χ3n) is 6.50. The summed E-state index contributed by atoms with van der Waals surface area (Å²) in [5, 5.41) is 8.08. The van der Waals surface area contributed by atoms with Crippen LogP contribution in [0, 0.1) is 5.82 Å². The van der Waals surface area contributed by atoms with E-state index in [-0.39, 0.29) is 22.4 Å². The van der Waals surface area contributed by atoms with E-state index in [1.807, 2.05) is 24.3 Å². The van der Waals surface area contributed by atoms with Crippen LogP contribution < -0.4 is 20.7 Å². The largest absolute Gasteiger partial charge is 0.496 e. The molecule has 46 heavy (non-hydrogen) atoms. The molecule has 0 aliphatic carbocycles. The highest BCUT2D eigenvalue weighted by molar-refractivity contribution is 8.00. The maximum atomic E-state index is 13.6. The summed E-state index contributed by atoms with van der Waals surface area (Å²) >= 11 is 6.95. The number of carbonyl (C=O) groups excluding carboxylic acids is 3. The van der Waals surface area contributed by atoms with Gasteiger partial charge in [0.1, 0.15) is 28.8 Å². The van der Waals surface area contributed by atoms with E-state index in [1.54, 1.807) is 73.8 Å². The smallest absolute Gasteiger partial charge is 0.272 e. The van der Waals surface area contributed by atoms with Crippen molar-refractivity contribution < 1.29 is 27.9 Å². The second-order valence-corrected chi connectivity index (χ2v) is 11.2. The highest BCUT2D eigenvalue weighted by Crippen LogP contribution is 2.31. The standard InChI is InChI=1S/C35H27ClFN3O5S/c1-44-31-10-6-5-9-27(31)32-18-14-25(45-32)20-30(40-34(42)22-7-3-2-4-8-22)35(43)39-23-11-15-26(16-12-23)46-21-33(41)38-24-13-17-28(36)29(37)19-24/h2-20H,21H2,1H3,(H,38,41)(H,39,43)(H,40,42)/b30-20+. The van der Waals surface area contributed by atoms with Crippen molar-refractivity contribution in [3.8, 4) is 17.1 Å². The Morgan fingerprint density at radius 1 is 0.870 bits per heavy atom. The number of thioether (sulfide) groups is 1. The molecule has 0 fully saturated rings. The summed E-state index contributed by atoms with van der Waals surface area (Å²) in [5.74, 6) is -0.412. The molecule has 1 heterocycles. The van der Waals surface area contributed by atoms with E-state index in [4.69, 9.17) is 20.8 Å². The fraction of sp³-hybridized carbons (Fsp3) is 0.0571. The number of rotatable bonds is 11. The molecule has 0 saturated heterocycles. The lowest BCUT2D eigenvalue weighted by molar-refractivity contribution is -0.114. The first-order chi connectivity index (χ1) is 22.3. The molecule has 0 aliphatic heterocycles. The van der Waals surface area contributed by atoms with Crippen LogP contribution in [-0.4, -0.2) is 30.6 Å². The molecular weight excluding hydrogens is 629 g/mol. The van der Waals surface area contributed by atoms with Gasteiger partial charge in [-0.1, -0.05) is 41.9 Å². The normalized spacial score (nSPS) is 11.1. The number of carbonyl (C=O) groups is 3. The van der Waals surface area contributed by atoms with E-state index in [2.05, 4.69) is 16.0 Å². The van der Waals surface area contributed by atoms with Gasteiger partial charge in [-0.3, -0.25) is 14.4 Å². The fourth-order valence-corrected chi connectivity index (χ4v) is 5.08. The minimum absolute atomic E-state index is 0.0278. The van der Waals surface area contributed by atoms with Gasteiger partial charge in [0.25, 0.3) is 11.8 Å². The van der Waals surface area contributed by atoms with Gasteiger partial charge in [-0.15, -0.1) is 11.8 Å². The molecule has 0 bridgehead atoms. The molecule has 0 unspecified atom stereocenters. The van der Waals surface area contributed by atoms with Gasteiger partial charge in [0.05, 0.1) is 23.4 Å². The molecule has 8 nitrogen and oxygen atoms in total. The van der Waals surface area contributed by atoms with Crippen LogP contribution in [0.5, 0.6) is 5.75 Å². The molecular formula is C35H27ClFN3O5S. The number of benzene rings is 4. The number of furan rings is 1. The predicted molar refractivity (Wildman–Crippen MR) is 178 cm³/mol. The highest BCUT2D eigenvalue weighted by Gasteiger charge is 2.17. The number of halogens is 2. The average molecular weight is 656 g/mol. The Morgan fingerprint density at radius 2 is 1.59 bits per heavy atom. The maximum Gasteiger partial charge on any atom is 0.272 e. The van der Waals surface area contributed by atoms with E-state index >= 15 is 0 Å². The molecule has 0 saturated carbocycles. The van der Waals surface area contributed by atoms with Crippen LogP contribution in [-0.2, 0) is 9.59 Å². The lowest BCUT2D eigenvalue weighted by Crippen LogP contribution is -2.30. The van der Waals surface area contributed by atoms with Crippen LogP contribution in [0.4, 0.5) is 15.8 Å². The molecule has 232 valence electrons. The molecule has 1 aromatic heterocycles. The molecule has 3 N–H and O–H groups in total. The molecule has 4 aromatic carbocycles. The quantitative estimate of drug-likeness (QED) is 0.0986. The van der Waals surface area contributed by atoms with E-state index in [9.17, 15) is 18.8 Å². The predicted octanol–water partition coefficient (Wildman–Crippen LogP) is 7.89. The van der Waals surface area contributed by atoms with Crippen molar-refractivity contribution in [3.63, 3.8) is 0 Å². The summed E-state index contributed by atoms with van der Waals surface area (Å²) in [7, 11) is 1.57. The van der Waals surface area contributed by atoms with Crippen molar-refractivity contribution in [1.29, 1.82) is 0 Å². The summed E-state index contributed by atoms with van der Waals surface area (Å²) in [4.78, 5) is 39.5. The SMILES string of the molecule is COc1ccccc1-c1ccc(/C=C(/NC(=O)c2ccccc2)C(=O)Nc2ccc(SCC(=O)Nc3ccc(Cl)c(F)c3)cc2)o1. The Labute approximate surface area is 273 Å². The first-order valence-electron chi connectivity index (χ1n) is 13.9. The van der Waals surface area contributed by atoms with E-state index in [1.165, 1.54) is 30.0 Å². The first kappa shape index (κ1) is 32.1. The third-order valence-corrected chi connectivity index (χ3v) is 7.82. The van der Waals surface area contributed by atoms with Gasteiger partial charge < -0.3 is 25.1 Å². The van der Waals surface area contributed by atoms with Gasteiger partial charge in [-0.05, 0) is 78.9 Å². The minimum Gasteiger partial charge on any atom is -0.496 e. The topological polar surface area (TPSA) is 110 Å². The number of ether oxygens (including phenoxy) is 1. The van der Waals surface area contributed by atoms with E-state index < -0.39 is 17.6 Å². The highest BCUT2D eigenvalue weighted by atomic mass is 35.5. The minimum atomic E-state index is -0.621. The Bertz CT molecular complexity index is 1890. The number of nitrogens with one attached hydrogen (secondary N) is 3. The van der Waals surface area contributed by atoms with E-state index in [0.717, 1.165) is 16.5 Å². The molecule has 11 heteroatoms. The number of amides is 3. The second-order valence-electron chi connectivity index (χ2n) is 9.72. The summed E-state index contributed by atoms with van der Waals surface area (Å²) in [5.41, 5.74) is 1.84. The summed E-state index contributed by atoms with van der Waals surface area (Å²) in [6, 6.07) is 30.2. The fourth-order valence-electron chi connectivity index (χ4n) is 4.26. The van der Waals surface area contributed by atoms with Crippen molar-refractivity contribution >= 4 is 58.5 Å². The van der Waals surface area contributed by atoms with Crippen molar-refractivity contribution in [1.82, 2.24) is 5.32 Å². The Balaban J connectivity index is 1.27. The van der Waals surface area contributed by atoms with Crippen LogP contribution in [0.2, 0.25) is 5.02 Å². The zero-order valence-electron chi connectivity index (χ0n) is 24.4. The molecule has 0 aliphatic rings. The monoisotopic (exact) mass is 655 g/mol. The van der Waals surface area contributed by atoms with Gasteiger partial charge in [0.2, 0.25) is 5.91 Å². The van der Waals surface area contributed by atoms with Gasteiger partial charge >= 0.3 is 0 Å². The molecule has 5 rings (SSSR count). The van der Waals surface area contributed by atoms with Crippen molar-refractivity contribution in [3.05, 3.63) is 137 Å². The molecule has 0 atom stereocenters. The lowest BCUT2D eigenvalue weighted by Gasteiger charge is -2.11. The van der Waals surface area contributed by atoms with Gasteiger partial charge in [-0.2, -0.15) is 0 Å². The number of methoxy groups -OCH3 is 1. The summed E-state index contributed by atoms with van der Waals surface area (Å²) < 4.78 is 25.1. The van der Waals surface area contributed by atoms with Crippen molar-refractivity contribution in [2.45, 2.75) is 4.90 Å². The number of anilines is 2. The average Bonchev–Trinajstić information content (AvgIpc) is 3.54. The van der Waals surface area contributed by atoms with Crippen LogP contribution >= 0.6 is 23.4 Å². The zero-order valence-corrected chi connectivity index (χ0v) is 26.0. The molecule has 0 radical (unpaired) electrons. The van der Waals surface area contributed by atoms with Crippen LogP contribution in [0.1, 0.15) is 16.1 Å². The zero-order chi connectivity index (χ0) is 32.5. The Kier molecular flexibility index (Phi) is 10.5. The van der Waals surface area contributed by atoms with Crippen molar-refractivity contribution in [2.24, 2.45) is 0 Å². The number of hydrogen-bond acceptors (Lipinski definition) is 6. The van der Waals surface area contributed by atoms with Crippen LogP contribution in [0.3, 0.4) is 0 Å². The van der Waals surface area contributed by atoms with Crippen molar-refractivity contribution in [2.75, 3.05) is 23.5 Å². The first-order valence-corrected chi connectivity index (χ1v) is 15.3. The molecule has 5 aromatic rings. The van der Waals surface area contributed by atoms with Gasteiger partial charge in [-0.25, -0.2) is 4.39 Å². The Hall–Kier alpha value is -5.32.